The van der Waals surface area contributed by atoms with Crippen LogP contribution < -0.4 is 29.0 Å². The predicted octanol–water partition coefficient (Wildman–Crippen LogP) is 4.60. The molecule has 0 saturated heterocycles. The summed E-state index contributed by atoms with van der Waals surface area (Å²) in [5, 5.41) is 11.5. The average molecular weight is 654 g/mol. The molecule has 48 heavy (non-hydrogen) atoms. The zero-order chi connectivity index (χ0) is 34.0. The maximum atomic E-state index is 14.5. The van der Waals surface area contributed by atoms with Crippen LogP contribution in [0.25, 0.3) is 11.0 Å². The fourth-order valence-corrected chi connectivity index (χ4v) is 5.55. The fourth-order valence-electron chi connectivity index (χ4n) is 5.55. The number of hydrogen-bond donors (Lipinski definition) is 1. The van der Waals surface area contributed by atoms with Crippen LogP contribution in [0.2, 0.25) is 0 Å². The molecule has 5 aromatic rings. The van der Waals surface area contributed by atoms with E-state index >= 15 is 0 Å². The number of hydrogen-bond acceptors (Lipinski definition) is 9. The van der Waals surface area contributed by atoms with E-state index in [0.29, 0.717) is 51.8 Å². The highest BCUT2D eigenvalue weighted by molar-refractivity contribution is 5.89. The van der Waals surface area contributed by atoms with Gasteiger partial charge in [-0.3, -0.25) is 9.59 Å². The first-order valence-corrected chi connectivity index (χ1v) is 15.3. The molecule has 0 spiro atoms. The van der Waals surface area contributed by atoms with Gasteiger partial charge in [0.2, 0.25) is 17.6 Å². The summed E-state index contributed by atoms with van der Waals surface area (Å²) in [5.74, 6) is 1.47. The number of fused-ring (bicyclic) bond motifs is 1. The highest BCUT2D eigenvalue weighted by atomic mass is 16.5. The number of nitrogens with zero attached hydrogens (tertiary/aromatic N) is 4. The zero-order valence-electron chi connectivity index (χ0n) is 27.6. The average Bonchev–Trinajstić information content (AvgIpc) is 3.54. The van der Waals surface area contributed by atoms with Crippen molar-refractivity contribution in [1.82, 2.24) is 25.2 Å². The lowest BCUT2D eigenvalue weighted by Crippen LogP contribution is -2.45. The second kappa shape index (κ2) is 15.7. The van der Waals surface area contributed by atoms with Crippen molar-refractivity contribution >= 4 is 22.8 Å². The molecule has 0 aliphatic carbocycles. The molecule has 5 rings (SSSR count). The van der Waals surface area contributed by atoms with Gasteiger partial charge < -0.3 is 33.9 Å². The third kappa shape index (κ3) is 7.43. The Kier molecular flexibility index (Phi) is 11.0. The van der Waals surface area contributed by atoms with Crippen molar-refractivity contribution in [1.29, 1.82) is 0 Å². The van der Waals surface area contributed by atoms with Crippen molar-refractivity contribution < 1.29 is 33.3 Å². The summed E-state index contributed by atoms with van der Waals surface area (Å²) >= 11 is 0. The van der Waals surface area contributed by atoms with E-state index in [1.54, 1.807) is 31.3 Å². The second-order valence-corrected chi connectivity index (χ2v) is 10.8. The van der Waals surface area contributed by atoms with E-state index in [2.05, 4.69) is 15.6 Å². The number of rotatable bonds is 15. The number of amides is 2. The van der Waals surface area contributed by atoms with Gasteiger partial charge in [-0.15, -0.1) is 5.10 Å². The van der Waals surface area contributed by atoms with E-state index in [4.69, 9.17) is 23.7 Å². The number of ether oxygens (including phenoxy) is 5. The van der Waals surface area contributed by atoms with Gasteiger partial charge in [-0.05, 0) is 59.5 Å². The highest BCUT2D eigenvalue weighted by Gasteiger charge is 2.33. The van der Waals surface area contributed by atoms with Crippen molar-refractivity contribution in [2.24, 2.45) is 0 Å². The maximum absolute atomic E-state index is 14.5. The molecule has 1 atom stereocenters. The van der Waals surface area contributed by atoms with Crippen LogP contribution in [0.3, 0.4) is 0 Å². The van der Waals surface area contributed by atoms with E-state index in [0.717, 1.165) is 11.1 Å². The third-order valence-electron chi connectivity index (χ3n) is 7.99. The van der Waals surface area contributed by atoms with Crippen LogP contribution in [0, 0.1) is 0 Å². The minimum atomic E-state index is -1.09. The minimum absolute atomic E-state index is 0.153. The molecule has 1 aromatic heterocycles. The quantitative estimate of drug-likeness (QED) is 0.173. The van der Waals surface area contributed by atoms with Crippen molar-refractivity contribution in [3.05, 3.63) is 102 Å². The minimum Gasteiger partial charge on any atom is -0.493 e. The molecular weight excluding hydrogens is 614 g/mol. The maximum Gasteiger partial charge on any atom is 0.247 e. The lowest BCUT2D eigenvalue weighted by Gasteiger charge is -2.32. The monoisotopic (exact) mass is 653 g/mol. The zero-order valence-corrected chi connectivity index (χ0v) is 27.6. The smallest absolute Gasteiger partial charge is 0.247 e. The molecule has 1 heterocycles. The van der Waals surface area contributed by atoms with Gasteiger partial charge in [-0.2, -0.15) is 0 Å². The summed E-state index contributed by atoms with van der Waals surface area (Å²) in [6.07, 6.45) is 0.400. The van der Waals surface area contributed by atoms with Gasteiger partial charge >= 0.3 is 0 Å². The molecule has 12 heteroatoms. The second-order valence-electron chi connectivity index (χ2n) is 10.8. The normalized spacial score (nSPS) is 11.4. The molecule has 0 radical (unpaired) electrons. The van der Waals surface area contributed by atoms with E-state index in [1.165, 1.54) is 26.0 Å². The largest absolute Gasteiger partial charge is 0.493 e. The SMILES string of the molecule is COc1ccc(CCN(C(=O)Cn2nnc3ccccc32)[C@H](C(=O)NCc2ccccc2)c2cc(OC)c(OC)c(OC)c2)cc1OC. The van der Waals surface area contributed by atoms with Gasteiger partial charge in [0.05, 0.1) is 41.1 Å². The van der Waals surface area contributed by atoms with E-state index in [9.17, 15) is 9.59 Å². The van der Waals surface area contributed by atoms with Crippen LogP contribution in [0.4, 0.5) is 0 Å². The molecule has 0 aliphatic rings. The molecule has 2 amide bonds. The van der Waals surface area contributed by atoms with Crippen LogP contribution in [0.15, 0.2) is 84.9 Å². The predicted molar refractivity (Wildman–Crippen MR) is 180 cm³/mol. The van der Waals surface area contributed by atoms with Gasteiger partial charge in [0.1, 0.15) is 18.1 Å². The van der Waals surface area contributed by atoms with Crippen molar-refractivity contribution in [2.45, 2.75) is 25.6 Å². The Hall–Kier alpha value is -5.78. The Bertz CT molecular complexity index is 1840. The van der Waals surface area contributed by atoms with Crippen molar-refractivity contribution in [3.63, 3.8) is 0 Å². The molecule has 0 bridgehead atoms. The molecule has 250 valence electrons. The van der Waals surface area contributed by atoms with Crippen molar-refractivity contribution in [2.75, 3.05) is 42.1 Å². The number of nitrogens with one attached hydrogen (secondary N) is 1. The topological polar surface area (TPSA) is 126 Å². The van der Waals surface area contributed by atoms with Crippen LogP contribution in [0.1, 0.15) is 22.7 Å². The Morgan fingerprint density at radius 1 is 0.750 bits per heavy atom. The number of benzene rings is 4. The first-order chi connectivity index (χ1) is 23.4. The van der Waals surface area contributed by atoms with Crippen LogP contribution in [0.5, 0.6) is 28.7 Å². The molecule has 1 N–H and O–H groups in total. The lowest BCUT2D eigenvalue weighted by atomic mass is 10.0. The standard InChI is InChI=1S/C36H39N5O7/c1-44-29-16-15-24(19-30(29)45-2)17-18-40(33(42)23-41-28-14-10-9-13-27(28)38-39-41)34(36(43)37-22-25-11-7-6-8-12-25)26-20-31(46-3)35(48-5)32(21-26)47-4/h6-16,19-21,34H,17-18,22-23H2,1-5H3,(H,37,43)/t34-/m0/s1. The molecule has 0 unspecified atom stereocenters. The number of aromatic nitrogens is 3. The lowest BCUT2D eigenvalue weighted by molar-refractivity contribution is -0.141. The summed E-state index contributed by atoms with van der Waals surface area (Å²) in [6.45, 7) is 0.270. The van der Waals surface area contributed by atoms with Crippen molar-refractivity contribution in [3.8, 4) is 28.7 Å². The van der Waals surface area contributed by atoms with Gasteiger partial charge in [0.15, 0.2) is 23.0 Å². The third-order valence-corrected chi connectivity index (χ3v) is 7.99. The van der Waals surface area contributed by atoms with Gasteiger partial charge in [-0.1, -0.05) is 53.7 Å². The van der Waals surface area contributed by atoms with Gasteiger partial charge in [-0.25, -0.2) is 4.68 Å². The summed E-state index contributed by atoms with van der Waals surface area (Å²) in [6, 6.07) is 24.8. The highest BCUT2D eigenvalue weighted by Crippen LogP contribution is 2.41. The van der Waals surface area contributed by atoms with E-state index < -0.39 is 11.9 Å². The Morgan fingerprint density at radius 3 is 2.08 bits per heavy atom. The molecule has 12 nitrogen and oxygen atoms in total. The summed E-state index contributed by atoms with van der Waals surface area (Å²) < 4.78 is 29.3. The first kappa shape index (κ1) is 33.6. The summed E-state index contributed by atoms with van der Waals surface area (Å²) in [7, 11) is 7.65. The Labute approximate surface area is 279 Å². The van der Waals surface area contributed by atoms with E-state index in [1.807, 2.05) is 72.8 Å². The number of methoxy groups -OCH3 is 5. The summed E-state index contributed by atoms with van der Waals surface area (Å²) in [4.78, 5) is 30.3. The van der Waals surface area contributed by atoms with Crippen LogP contribution >= 0.6 is 0 Å². The fraction of sp³-hybridized carbons (Fsp3) is 0.278. The van der Waals surface area contributed by atoms with Crippen LogP contribution in [-0.2, 0) is 29.1 Å². The molecule has 0 aliphatic heterocycles. The molecule has 4 aromatic carbocycles. The molecular formula is C36H39N5O7. The number of carbonyl (C=O) groups excluding carboxylic acids is 2. The van der Waals surface area contributed by atoms with Gasteiger partial charge in [0, 0.05) is 13.1 Å². The summed E-state index contributed by atoms with van der Waals surface area (Å²) in [5.41, 5.74) is 3.61. The molecule has 0 saturated carbocycles. The van der Waals surface area contributed by atoms with Gasteiger partial charge in [0.25, 0.3) is 0 Å². The number of para-hydroxylation sites is 1. The molecule has 0 fully saturated rings. The first-order valence-electron chi connectivity index (χ1n) is 15.3. The Balaban J connectivity index is 1.58. The Morgan fingerprint density at radius 2 is 1.42 bits per heavy atom. The van der Waals surface area contributed by atoms with E-state index in [-0.39, 0.29) is 25.5 Å². The van der Waals surface area contributed by atoms with Crippen LogP contribution in [-0.4, -0.2) is 73.8 Å². The number of carbonyl (C=O) groups is 2.